The highest BCUT2D eigenvalue weighted by molar-refractivity contribution is 6.30. The number of nitrogens with zero attached hydrogens (tertiary/aromatic N) is 2. The molecule has 2 atom stereocenters. The molecular weight excluding hydrogens is 637 g/mol. The Morgan fingerprint density at radius 3 is 1.85 bits per heavy atom. The topological polar surface area (TPSA) is 92.6 Å². The normalized spacial score (nSPS) is 19.3. The van der Waals surface area contributed by atoms with Crippen molar-refractivity contribution >= 4 is 35.1 Å². The molecule has 0 radical (unpaired) electrons. The van der Waals surface area contributed by atoms with E-state index in [0.717, 1.165) is 43.0 Å². The smallest absolute Gasteiger partial charge is 0.413 e. The van der Waals surface area contributed by atoms with Crippen LogP contribution in [-0.4, -0.2) is 68.6 Å². The number of benzene rings is 3. The Hall–Kier alpha value is -3.14. The van der Waals surface area contributed by atoms with Crippen molar-refractivity contribution in [2.75, 3.05) is 40.5 Å². The van der Waals surface area contributed by atoms with Gasteiger partial charge in [0, 0.05) is 37.4 Å². The van der Waals surface area contributed by atoms with Gasteiger partial charge in [0.15, 0.2) is 0 Å². The predicted molar refractivity (Wildman–Crippen MR) is 192 cm³/mol. The van der Waals surface area contributed by atoms with E-state index in [1.165, 1.54) is 4.90 Å². The minimum Gasteiger partial charge on any atom is -0.490 e. The van der Waals surface area contributed by atoms with E-state index in [9.17, 15) is 9.90 Å². The lowest BCUT2D eigenvalue weighted by molar-refractivity contribution is 0.100. The van der Waals surface area contributed by atoms with E-state index in [2.05, 4.69) is 26.1 Å². The van der Waals surface area contributed by atoms with Gasteiger partial charge in [-0.3, -0.25) is 4.99 Å². The summed E-state index contributed by atoms with van der Waals surface area (Å²) >= 11 is 12.4. The molecule has 0 aromatic heterocycles. The van der Waals surface area contributed by atoms with Gasteiger partial charge >= 0.3 is 6.09 Å². The number of amides is 1. The zero-order chi connectivity index (χ0) is 35.0. The third-order valence-electron chi connectivity index (χ3n) is 8.36. The predicted octanol–water partition coefficient (Wildman–Crippen LogP) is 8.52. The number of hydrogen-bond donors (Lipinski definition) is 2. The second kappa shape index (κ2) is 16.3. The fraction of sp³-hybridized carbons (Fsp3) is 0.459. The second-order valence-corrected chi connectivity index (χ2v) is 13.9. The summed E-state index contributed by atoms with van der Waals surface area (Å²) in [5, 5.41) is 15.0. The number of nitrogens with one attached hydrogen (secondary N) is 1. The molecule has 1 heterocycles. The fourth-order valence-electron chi connectivity index (χ4n) is 5.57. The van der Waals surface area contributed by atoms with Crippen LogP contribution in [0.15, 0.2) is 71.7 Å². The van der Waals surface area contributed by atoms with Crippen molar-refractivity contribution in [2.45, 2.75) is 71.1 Å². The van der Waals surface area contributed by atoms with E-state index >= 15 is 0 Å². The van der Waals surface area contributed by atoms with E-state index in [0.29, 0.717) is 27.2 Å². The maximum Gasteiger partial charge on any atom is 0.413 e. The summed E-state index contributed by atoms with van der Waals surface area (Å²) in [7, 11) is 3.38. The van der Waals surface area contributed by atoms with E-state index < -0.39 is 17.2 Å². The first kappa shape index (κ1) is 38.3. The molecule has 2 unspecified atom stereocenters. The molecule has 0 saturated carbocycles. The second-order valence-electron chi connectivity index (χ2n) is 13.1. The summed E-state index contributed by atoms with van der Waals surface area (Å²) in [5.41, 5.74) is 1.05. The van der Waals surface area contributed by atoms with Crippen LogP contribution in [0.3, 0.4) is 0 Å². The summed E-state index contributed by atoms with van der Waals surface area (Å²) in [4.78, 5) is 19.7. The molecule has 1 aliphatic heterocycles. The summed E-state index contributed by atoms with van der Waals surface area (Å²) < 4.78 is 15.9. The molecule has 10 heteroatoms. The Kier molecular flexibility index (Phi) is 13.3. The van der Waals surface area contributed by atoms with E-state index in [1.54, 1.807) is 38.5 Å². The highest BCUT2D eigenvalue weighted by atomic mass is 35.5. The molecule has 1 amide bonds. The van der Waals surface area contributed by atoms with Crippen LogP contribution >= 0.6 is 23.2 Å². The summed E-state index contributed by atoms with van der Waals surface area (Å²) in [5.74, 6) is 0.916. The first-order chi connectivity index (χ1) is 22.1. The minimum absolute atomic E-state index is 0.116. The van der Waals surface area contributed by atoms with Crippen LogP contribution < -0.4 is 10.1 Å². The van der Waals surface area contributed by atoms with Crippen LogP contribution in [0.5, 0.6) is 5.75 Å². The number of aliphatic imine (C=N–C) groups is 1. The molecule has 8 nitrogen and oxygen atoms in total. The van der Waals surface area contributed by atoms with Crippen LogP contribution in [0.1, 0.15) is 70.7 Å². The molecule has 3 aromatic carbocycles. The Morgan fingerprint density at radius 1 is 0.894 bits per heavy atom. The monoisotopic (exact) mass is 685 g/mol. The van der Waals surface area contributed by atoms with Crippen molar-refractivity contribution in [1.29, 1.82) is 0 Å². The molecule has 256 valence electrons. The van der Waals surface area contributed by atoms with Crippen LogP contribution in [0.25, 0.3) is 0 Å². The number of carbonyl (C=O) groups is 1. The average Bonchev–Trinajstić information content (AvgIpc) is 3.25. The van der Waals surface area contributed by atoms with Crippen LogP contribution in [0.4, 0.5) is 4.79 Å². The molecule has 3 aromatic rings. The highest BCUT2D eigenvalue weighted by Gasteiger charge is 2.59. The van der Waals surface area contributed by atoms with Gasteiger partial charge in [-0.25, -0.2) is 9.69 Å². The van der Waals surface area contributed by atoms with E-state index in [4.69, 9.17) is 42.4 Å². The van der Waals surface area contributed by atoms with Crippen LogP contribution in [0.2, 0.25) is 10.0 Å². The fourth-order valence-corrected chi connectivity index (χ4v) is 5.82. The standard InChI is InChI=1S/C31H34Cl2N2O3.C6H15NO2/c1-19(2)38-26-18-22(29(3,4)5)12-17-25(26)27-34-30(6,20-8-13-23(32)14-9-20)31(7,35(27)28(36)37)21-10-15-24(33)16-11-21;1-8-5-3-7-4-6-9-2/h8-19H,1-7H3,(H,36,37);7H,3-6H2,1-2H3. The Balaban J connectivity index is 0.000000584. The molecule has 4 rings (SSSR count). The molecule has 0 saturated heterocycles. The molecule has 0 spiro atoms. The molecule has 2 N–H and O–H groups in total. The average molecular weight is 687 g/mol. The number of amidine groups is 1. The van der Waals surface area contributed by atoms with Gasteiger partial charge in [0.25, 0.3) is 0 Å². The molecule has 47 heavy (non-hydrogen) atoms. The lowest BCUT2D eigenvalue weighted by Gasteiger charge is -2.44. The molecule has 0 fully saturated rings. The Morgan fingerprint density at radius 2 is 1.40 bits per heavy atom. The Bertz CT molecular complexity index is 1500. The number of hydrogen-bond acceptors (Lipinski definition) is 6. The SMILES string of the molecule is CC(C)Oc1cc(C(C)(C)C)ccc1C1=NC(C)(c2ccc(Cl)cc2)C(C)(c2ccc(Cl)cc2)N1C(=O)O.COCCNCCOC. The lowest BCUT2D eigenvalue weighted by atomic mass is 9.71. The number of halogens is 2. The van der Waals surface area contributed by atoms with Gasteiger partial charge in [0.05, 0.1) is 24.9 Å². The van der Waals surface area contributed by atoms with Gasteiger partial charge in [0.1, 0.15) is 22.7 Å². The van der Waals surface area contributed by atoms with E-state index in [1.807, 2.05) is 70.2 Å². The summed E-state index contributed by atoms with van der Waals surface area (Å²) in [6, 6.07) is 20.6. The van der Waals surface area contributed by atoms with Crippen LogP contribution in [-0.2, 0) is 26.0 Å². The van der Waals surface area contributed by atoms with Crippen molar-refractivity contribution in [3.05, 3.63) is 99.0 Å². The molecule has 0 aliphatic carbocycles. The number of carboxylic acid groups (broad SMARTS) is 1. The van der Waals surface area contributed by atoms with Gasteiger partial charge in [0.2, 0.25) is 0 Å². The Labute approximate surface area is 290 Å². The quantitative estimate of drug-likeness (QED) is 0.197. The van der Waals surface area contributed by atoms with Crippen molar-refractivity contribution in [3.8, 4) is 5.75 Å². The number of rotatable bonds is 11. The highest BCUT2D eigenvalue weighted by Crippen LogP contribution is 2.53. The minimum atomic E-state index is -1.12. The molecule has 0 bridgehead atoms. The molecular formula is C37H49Cl2N3O5. The van der Waals surface area contributed by atoms with Gasteiger partial charge < -0.3 is 24.6 Å². The number of methoxy groups -OCH3 is 2. The van der Waals surface area contributed by atoms with Gasteiger partial charge in [-0.2, -0.15) is 0 Å². The first-order valence-corrected chi connectivity index (χ1v) is 16.5. The third-order valence-corrected chi connectivity index (χ3v) is 8.86. The summed E-state index contributed by atoms with van der Waals surface area (Å²) in [6.45, 7) is 17.5. The maximum atomic E-state index is 13.1. The van der Waals surface area contributed by atoms with Crippen molar-refractivity contribution < 1.29 is 24.1 Å². The number of ether oxygens (including phenoxy) is 3. The van der Waals surface area contributed by atoms with E-state index in [-0.39, 0.29) is 11.5 Å². The lowest BCUT2D eigenvalue weighted by Crippen LogP contribution is -2.54. The van der Waals surface area contributed by atoms with Gasteiger partial charge in [-0.15, -0.1) is 0 Å². The van der Waals surface area contributed by atoms with Gasteiger partial charge in [-0.05, 0) is 86.2 Å². The van der Waals surface area contributed by atoms with Crippen molar-refractivity contribution in [3.63, 3.8) is 0 Å². The van der Waals surface area contributed by atoms with Gasteiger partial charge in [-0.1, -0.05) is 74.3 Å². The maximum absolute atomic E-state index is 13.1. The van der Waals surface area contributed by atoms with Crippen molar-refractivity contribution in [1.82, 2.24) is 10.2 Å². The summed E-state index contributed by atoms with van der Waals surface area (Å²) in [6.07, 6.45) is -1.23. The molecule has 1 aliphatic rings. The zero-order valence-electron chi connectivity index (χ0n) is 29.0. The van der Waals surface area contributed by atoms with Crippen molar-refractivity contribution in [2.24, 2.45) is 4.99 Å². The largest absolute Gasteiger partial charge is 0.490 e. The van der Waals surface area contributed by atoms with Crippen LogP contribution in [0, 0.1) is 0 Å². The first-order valence-electron chi connectivity index (χ1n) is 15.7. The zero-order valence-corrected chi connectivity index (χ0v) is 30.5. The third kappa shape index (κ3) is 8.86.